The molecule has 0 aliphatic carbocycles. The quantitative estimate of drug-likeness (QED) is 0.763. The summed E-state index contributed by atoms with van der Waals surface area (Å²) in [7, 11) is 0. The SMILES string of the molecule is Clc1nc(N2CC3(COC3)C2)c2cccn2n1. The Morgan fingerprint density at radius 1 is 1.35 bits per heavy atom. The molecule has 5 nitrogen and oxygen atoms in total. The predicted molar refractivity (Wildman–Crippen MR) is 63.5 cm³/mol. The molecule has 2 aliphatic heterocycles. The minimum Gasteiger partial charge on any atom is -0.380 e. The van der Waals surface area contributed by atoms with Gasteiger partial charge in [0.1, 0.15) is 5.52 Å². The molecule has 0 N–H and O–H groups in total. The lowest BCUT2D eigenvalue weighted by Crippen LogP contribution is -2.66. The summed E-state index contributed by atoms with van der Waals surface area (Å²) in [6.07, 6.45) is 1.88. The third-order valence-electron chi connectivity index (χ3n) is 3.51. The Hall–Kier alpha value is -1.33. The number of halogens is 1. The lowest BCUT2D eigenvalue weighted by Gasteiger charge is -2.55. The highest BCUT2D eigenvalue weighted by Crippen LogP contribution is 2.40. The van der Waals surface area contributed by atoms with Gasteiger partial charge in [0, 0.05) is 19.3 Å². The van der Waals surface area contributed by atoms with Gasteiger partial charge in [0.05, 0.1) is 18.6 Å². The zero-order valence-corrected chi connectivity index (χ0v) is 9.89. The molecule has 0 atom stereocenters. The van der Waals surface area contributed by atoms with Gasteiger partial charge in [0.25, 0.3) is 0 Å². The Bertz CT molecular complexity index is 584. The van der Waals surface area contributed by atoms with Crippen LogP contribution < -0.4 is 4.90 Å². The average molecular weight is 251 g/mol. The molecule has 0 bridgehead atoms. The molecule has 0 aromatic carbocycles. The van der Waals surface area contributed by atoms with Crippen LogP contribution in [0.25, 0.3) is 5.52 Å². The normalized spacial score (nSPS) is 21.6. The van der Waals surface area contributed by atoms with E-state index in [0.717, 1.165) is 37.6 Å². The van der Waals surface area contributed by atoms with E-state index in [1.807, 2.05) is 18.3 Å². The second kappa shape index (κ2) is 3.11. The van der Waals surface area contributed by atoms with Crippen molar-refractivity contribution in [3.05, 3.63) is 23.6 Å². The molecule has 4 heterocycles. The molecule has 88 valence electrons. The lowest BCUT2D eigenvalue weighted by molar-refractivity contribution is -0.127. The van der Waals surface area contributed by atoms with E-state index in [1.54, 1.807) is 4.52 Å². The van der Waals surface area contributed by atoms with Crippen LogP contribution in [0.4, 0.5) is 5.82 Å². The van der Waals surface area contributed by atoms with Gasteiger partial charge in [-0.15, -0.1) is 5.10 Å². The van der Waals surface area contributed by atoms with E-state index in [2.05, 4.69) is 15.0 Å². The third kappa shape index (κ3) is 1.29. The van der Waals surface area contributed by atoms with Crippen molar-refractivity contribution in [1.29, 1.82) is 0 Å². The number of nitrogens with zero attached hydrogens (tertiary/aromatic N) is 4. The van der Waals surface area contributed by atoms with Crippen molar-refractivity contribution in [2.75, 3.05) is 31.2 Å². The maximum atomic E-state index is 5.93. The summed E-state index contributed by atoms with van der Waals surface area (Å²) < 4.78 is 7.04. The van der Waals surface area contributed by atoms with Crippen LogP contribution in [0.15, 0.2) is 18.3 Å². The Morgan fingerprint density at radius 3 is 2.88 bits per heavy atom. The molecular weight excluding hydrogens is 240 g/mol. The molecular formula is C11H11ClN4O. The van der Waals surface area contributed by atoms with Gasteiger partial charge in [-0.05, 0) is 23.7 Å². The summed E-state index contributed by atoms with van der Waals surface area (Å²) in [5, 5.41) is 4.41. The van der Waals surface area contributed by atoms with Gasteiger partial charge in [0.2, 0.25) is 5.28 Å². The van der Waals surface area contributed by atoms with Crippen LogP contribution in [0.5, 0.6) is 0 Å². The summed E-state index contributed by atoms with van der Waals surface area (Å²) in [6, 6.07) is 3.96. The van der Waals surface area contributed by atoms with Crippen molar-refractivity contribution in [2.45, 2.75) is 0 Å². The molecule has 4 rings (SSSR count). The first-order chi connectivity index (χ1) is 8.26. The first kappa shape index (κ1) is 9.67. The number of ether oxygens (including phenoxy) is 1. The largest absolute Gasteiger partial charge is 0.380 e. The summed E-state index contributed by atoms with van der Waals surface area (Å²) in [6.45, 7) is 3.75. The lowest BCUT2D eigenvalue weighted by atomic mass is 9.78. The third-order valence-corrected chi connectivity index (χ3v) is 3.67. The second-order valence-corrected chi connectivity index (χ2v) is 5.23. The first-order valence-corrected chi connectivity index (χ1v) is 5.97. The number of hydrogen-bond donors (Lipinski definition) is 0. The van der Waals surface area contributed by atoms with Gasteiger partial charge < -0.3 is 9.64 Å². The Kier molecular flexibility index (Phi) is 1.77. The van der Waals surface area contributed by atoms with Gasteiger partial charge >= 0.3 is 0 Å². The fourth-order valence-corrected chi connectivity index (χ4v) is 2.77. The molecule has 0 saturated carbocycles. The van der Waals surface area contributed by atoms with Crippen molar-refractivity contribution in [3.63, 3.8) is 0 Å². The van der Waals surface area contributed by atoms with Gasteiger partial charge in [0.15, 0.2) is 5.82 Å². The van der Waals surface area contributed by atoms with E-state index in [1.165, 1.54) is 0 Å². The average Bonchev–Trinajstić information content (AvgIpc) is 2.60. The Morgan fingerprint density at radius 2 is 2.18 bits per heavy atom. The molecule has 2 aliphatic rings. The number of aromatic nitrogens is 3. The number of hydrogen-bond acceptors (Lipinski definition) is 4. The monoisotopic (exact) mass is 250 g/mol. The Labute approximate surface area is 103 Å². The van der Waals surface area contributed by atoms with Crippen LogP contribution in [0.1, 0.15) is 0 Å². The highest BCUT2D eigenvalue weighted by Gasteiger charge is 2.49. The summed E-state index contributed by atoms with van der Waals surface area (Å²) >= 11 is 5.93. The van der Waals surface area contributed by atoms with Gasteiger partial charge in [-0.2, -0.15) is 4.98 Å². The second-order valence-electron chi connectivity index (χ2n) is 4.89. The first-order valence-electron chi connectivity index (χ1n) is 5.59. The van der Waals surface area contributed by atoms with Crippen molar-refractivity contribution >= 4 is 22.9 Å². The Balaban J connectivity index is 1.73. The molecule has 1 spiro atoms. The van der Waals surface area contributed by atoms with E-state index in [9.17, 15) is 0 Å². The summed E-state index contributed by atoms with van der Waals surface area (Å²) in [5.74, 6) is 0.924. The molecule has 2 saturated heterocycles. The molecule has 17 heavy (non-hydrogen) atoms. The fraction of sp³-hybridized carbons (Fsp3) is 0.455. The summed E-state index contributed by atoms with van der Waals surface area (Å²) in [5.41, 5.74) is 1.38. The van der Waals surface area contributed by atoms with Crippen LogP contribution in [0.2, 0.25) is 5.28 Å². The highest BCUT2D eigenvalue weighted by molar-refractivity contribution is 6.28. The van der Waals surface area contributed by atoms with Gasteiger partial charge in [-0.25, -0.2) is 4.52 Å². The summed E-state index contributed by atoms with van der Waals surface area (Å²) in [4.78, 5) is 6.58. The van der Waals surface area contributed by atoms with Gasteiger partial charge in [-0.1, -0.05) is 0 Å². The van der Waals surface area contributed by atoms with Crippen LogP contribution in [0.3, 0.4) is 0 Å². The molecule has 2 aromatic heterocycles. The zero-order valence-electron chi connectivity index (χ0n) is 9.14. The van der Waals surface area contributed by atoms with Gasteiger partial charge in [-0.3, -0.25) is 0 Å². The van der Waals surface area contributed by atoms with Crippen molar-refractivity contribution < 1.29 is 4.74 Å². The zero-order chi connectivity index (χ0) is 11.5. The van der Waals surface area contributed by atoms with E-state index in [4.69, 9.17) is 16.3 Å². The molecule has 2 fully saturated rings. The predicted octanol–water partition coefficient (Wildman–Crippen LogP) is 1.22. The minimum atomic E-state index is 0.287. The smallest absolute Gasteiger partial charge is 0.243 e. The standard InChI is InChI=1S/C11H11ClN4O/c12-10-13-9(8-2-1-3-16(8)14-10)15-4-11(5-15)6-17-7-11/h1-3H,4-7H2. The van der Waals surface area contributed by atoms with Crippen molar-refractivity contribution in [1.82, 2.24) is 14.6 Å². The van der Waals surface area contributed by atoms with Crippen LogP contribution >= 0.6 is 11.6 Å². The fourth-order valence-electron chi connectivity index (χ4n) is 2.61. The van der Waals surface area contributed by atoms with Crippen LogP contribution in [-0.2, 0) is 4.74 Å². The van der Waals surface area contributed by atoms with Crippen LogP contribution in [0, 0.1) is 5.41 Å². The number of fused-ring (bicyclic) bond motifs is 1. The highest BCUT2D eigenvalue weighted by atomic mass is 35.5. The van der Waals surface area contributed by atoms with Crippen LogP contribution in [-0.4, -0.2) is 40.9 Å². The van der Waals surface area contributed by atoms with Crippen molar-refractivity contribution in [2.24, 2.45) is 5.41 Å². The van der Waals surface area contributed by atoms with E-state index < -0.39 is 0 Å². The minimum absolute atomic E-state index is 0.287. The van der Waals surface area contributed by atoms with E-state index in [-0.39, 0.29) is 5.28 Å². The number of anilines is 1. The molecule has 6 heteroatoms. The van der Waals surface area contributed by atoms with E-state index >= 15 is 0 Å². The molecule has 2 aromatic rings. The number of rotatable bonds is 1. The van der Waals surface area contributed by atoms with Crippen molar-refractivity contribution in [3.8, 4) is 0 Å². The maximum Gasteiger partial charge on any atom is 0.243 e. The maximum absolute atomic E-state index is 5.93. The topological polar surface area (TPSA) is 42.7 Å². The van der Waals surface area contributed by atoms with E-state index in [0.29, 0.717) is 5.41 Å². The molecule has 0 amide bonds. The molecule has 0 unspecified atom stereocenters. The molecule has 0 radical (unpaired) electrons.